The predicted molar refractivity (Wildman–Crippen MR) is 48.9 cm³/mol. The maximum atomic E-state index is 5.33. The normalized spacial score (nSPS) is 32.2. The van der Waals surface area contributed by atoms with Gasteiger partial charge in [0.15, 0.2) is 0 Å². The smallest absolute Gasteiger partial charge is 0.0727 e. The number of rotatable bonds is 3. The average Bonchev–Trinajstić information content (AvgIpc) is 2.16. The second-order valence-corrected chi connectivity index (χ2v) is 3.21. The van der Waals surface area contributed by atoms with Crippen LogP contribution >= 0.6 is 0 Å². The van der Waals surface area contributed by atoms with Crippen molar-refractivity contribution in [3.05, 3.63) is 0 Å². The van der Waals surface area contributed by atoms with Crippen LogP contribution in [0.5, 0.6) is 0 Å². The van der Waals surface area contributed by atoms with E-state index in [1.54, 1.807) is 7.11 Å². The van der Waals surface area contributed by atoms with Crippen LogP contribution in [0.3, 0.4) is 0 Å². The number of hydrazine groups is 1. The Balaban J connectivity index is 2.41. The van der Waals surface area contributed by atoms with E-state index in [1.807, 2.05) is 14.1 Å². The van der Waals surface area contributed by atoms with E-state index in [9.17, 15) is 0 Å². The summed E-state index contributed by atoms with van der Waals surface area (Å²) < 4.78 is 5.33. The van der Waals surface area contributed by atoms with Crippen LogP contribution in [-0.2, 0) is 4.74 Å². The van der Waals surface area contributed by atoms with Gasteiger partial charge in [-0.2, -0.15) is 0 Å². The number of nitrogens with one attached hydrogen (secondary N) is 2. The summed E-state index contributed by atoms with van der Waals surface area (Å²) in [7, 11) is 5.72. The first-order valence-electron chi connectivity index (χ1n) is 4.42. The number of nitrogens with zero attached hydrogens (tertiary/aromatic N) is 1. The zero-order valence-electron chi connectivity index (χ0n) is 8.13. The van der Waals surface area contributed by atoms with E-state index in [2.05, 4.69) is 15.8 Å². The Bertz CT molecular complexity index is 102. The highest BCUT2D eigenvalue weighted by Crippen LogP contribution is 2.10. The number of ether oxygens (including phenoxy) is 1. The summed E-state index contributed by atoms with van der Waals surface area (Å²) in [4.78, 5) is 0. The monoisotopic (exact) mass is 173 g/mol. The molecule has 0 spiro atoms. The molecule has 1 aliphatic rings. The molecule has 1 fully saturated rings. The van der Waals surface area contributed by atoms with Gasteiger partial charge in [-0.25, -0.2) is 5.01 Å². The molecule has 2 unspecified atom stereocenters. The third kappa shape index (κ3) is 2.42. The lowest BCUT2D eigenvalue weighted by molar-refractivity contribution is 0.00198. The fourth-order valence-corrected chi connectivity index (χ4v) is 1.62. The van der Waals surface area contributed by atoms with Crippen molar-refractivity contribution in [3.8, 4) is 0 Å². The van der Waals surface area contributed by atoms with Crippen LogP contribution in [0.25, 0.3) is 0 Å². The fraction of sp³-hybridized carbons (Fsp3) is 1.00. The number of hydrogen-bond acceptors (Lipinski definition) is 4. The van der Waals surface area contributed by atoms with Crippen molar-refractivity contribution >= 4 is 0 Å². The Morgan fingerprint density at radius 1 is 1.33 bits per heavy atom. The predicted octanol–water partition coefficient (Wildman–Crippen LogP) is -0.570. The summed E-state index contributed by atoms with van der Waals surface area (Å²) >= 11 is 0. The van der Waals surface area contributed by atoms with Crippen molar-refractivity contribution in [3.63, 3.8) is 0 Å². The van der Waals surface area contributed by atoms with Gasteiger partial charge in [0.1, 0.15) is 0 Å². The molecule has 0 saturated carbocycles. The molecule has 0 aromatic carbocycles. The maximum absolute atomic E-state index is 5.33. The van der Waals surface area contributed by atoms with Gasteiger partial charge in [-0.1, -0.05) is 0 Å². The van der Waals surface area contributed by atoms with E-state index in [1.165, 1.54) is 0 Å². The molecule has 1 aliphatic heterocycles. The summed E-state index contributed by atoms with van der Waals surface area (Å²) in [5.41, 5.74) is 3.15. The van der Waals surface area contributed by atoms with Gasteiger partial charge in [0.05, 0.1) is 6.10 Å². The third-order valence-corrected chi connectivity index (χ3v) is 2.47. The molecule has 0 radical (unpaired) electrons. The minimum Gasteiger partial charge on any atom is -0.380 e. The van der Waals surface area contributed by atoms with Crippen LogP contribution in [0, 0.1) is 0 Å². The summed E-state index contributed by atoms with van der Waals surface area (Å²) in [5.74, 6) is 0. The SMILES string of the molecule is CNC1CC(OC)CN(NC)C1. The molecule has 1 rings (SSSR count). The highest BCUT2D eigenvalue weighted by molar-refractivity contribution is 4.81. The lowest BCUT2D eigenvalue weighted by Crippen LogP contribution is -2.54. The second-order valence-electron chi connectivity index (χ2n) is 3.21. The molecule has 0 aromatic rings. The van der Waals surface area contributed by atoms with E-state index in [0.29, 0.717) is 12.1 Å². The zero-order chi connectivity index (χ0) is 8.97. The summed E-state index contributed by atoms with van der Waals surface area (Å²) in [6, 6.07) is 0.538. The first-order chi connectivity index (χ1) is 5.80. The van der Waals surface area contributed by atoms with Crippen molar-refractivity contribution in [2.75, 3.05) is 34.3 Å². The Morgan fingerprint density at radius 2 is 2.08 bits per heavy atom. The van der Waals surface area contributed by atoms with E-state index in [4.69, 9.17) is 4.74 Å². The third-order valence-electron chi connectivity index (χ3n) is 2.47. The van der Waals surface area contributed by atoms with Crippen LogP contribution in [0.4, 0.5) is 0 Å². The molecule has 0 aliphatic carbocycles. The van der Waals surface area contributed by atoms with Gasteiger partial charge in [-0.3, -0.25) is 5.43 Å². The van der Waals surface area contributed by atoms with Gasteiger partial charge in [0, 0.05) is 26.2 Å². The van der Waals surface area contributed by atoms with Gasteiger partial charge in [-0.15, -0.1) is 0 Å². The van der Waals surface area contributed by atoms with Gasteiger partial charge in [0.25, 0.3) is 0 Å². The number of methoxy groups -OCH3 is 1. The second kappa shape index (κ2) is 4.77. The Labute approximate surface area is 74.2 Å². The summed E-state index contributed by atoms with van der Waals surface area (Å²) in [6.45, 7) is 2.03. The first-order valence-corrected chi connectivity index (χ1v) is 4.42. The van der Waals surface area contributed by atoms with Crippen LogP contribution in [0.2, 0.25) is 0 Å². The quantitative estimate of drug-likeness (QED) is 0.599. The van der Waals surface area contributed by atoms with Gasteiger partial charge in [-0.05, 0) is 20.5 Å². The minimum absolute atomic E-state index is 0.351. The van der Waals surface area contributed by atoms with Gasteiger partial charge >= 0.3 is 0 Å². The van der Waals surface area contributed by atoms with Crippen molar-refractivity contribution in [1.29, 1.82) is 0 Å². The largest absolute Gasteiger partial charge is 0.380 e. The molecular weight excluding hydrogens is 154 g/mol. The minimum atomic E-state index is 0.351. The Hall–Kier alpha value is -0.160. The molecule has 0 bridgehead atoms. The number of hydrogen-bond donors (Lipinski definition) is 2. The molecule has 0 amide bonds. The number of likely N-dealkylation sites (N-methyl/N-ethyl adjacent to an activating group) is 1. The van der Waals surface area contributed by atoms with Crippen LogP contribution in [0.1, 0.15) is 6.42 Å². The molecule has 1 heterocycles. The lowest BCUT2D eigenvalue weighted by atomic mass is 10.0. The molecule has 0 aromatic heterocycles. The summed E-state index contributed by atoms with van der Waals surface area (Å²) in [5, 5.41) is 5.45. The van der Waals surface area contributed by atoms with Crippen LogP contribution in [0.15, 0.2) is 0 Å². The van der Waals surface area contributed by atoms with Crippen molar-refractivity contribution in [2.45, 2.75) is 18.6 Å². The molecule has 4 heteroatoms. The zero-order valence-corrected chi connectivity index (χ0v) is 8.13. The summed E-state index contributed by atoms with van der Waals surface area (Å²) in [6.07, 6.45) is 1.45. The molecule has 4 nitrogen and oxygen atoms in total. The van der Waals surface area contributed by atoms with Crippen molar-refractivity contribution < 1.29 is 4.74 Å². The molecule has 1 saturated heterocycles. The fourth-order valence-electron chi connectivity index (χ4n) is 1.62. The average molecular weight is 173 g/mol. The highest BCUT2D eigenvalue weighted by Gasteiger charge is 2.25. The van der Waals surface area contributed by atoms with Crippen molar-refractivity contribution in [1.82, 2.24) is 15.8 Å². The number of piperidine rings is 1. The van der Waals surface area contributed by atoms with Gasteiger partial charge < -0.3 is 10.1 Å². The van der Waals surface area contributed by atoms with E-state index in [-0.39, 0.29) is 0 Å². The van der Waals surface area contributed by atoms with E-state index in [0.717, 1.165) is 19.5 Å². The molecule has 12 heavy (non-hydrogen) atoms. The highest BCUT2D eigenvalue weighted by atomic mass is 16.5. The lowest BCUT2D eigenvalue weighted by Gasteiger charge is -2.36. The first kappa shape index (κ1) is 9.92. The van der Waals surface area contributed by atoms with Crippen molar-refractivity contribution in [2.24, 2.45) is 0 Å². The molecule has 2 N–H and O–H groups in total. The Morgan fingerprint density at radius 3 is 2.58 bits per heavy atom. The Kier molecular flexibility index (Phi) is 3.94. The molecular formula is C8H19N3O. The maximum Gasteiger partial charge on any atom is 0.0727 e. The van der Waals surface area contributed by atoms with E-state index >= 15 is 0 Å². The standard InChI is InChI=1S/C8H19N3O/c1-9-7-4-8(12-3)6-11(5-7)10-2/h7-10H,4-6H2,1-3H3. The van der Waals surface area contributed by atoms with Crippen LogP contribution < -0.4 is 10.7 Å². The van der Waals surface area contributed by atoms with Crippen LogP contribution in [-0.4, -0.2) is 51.4 Å². The van der Waals surface area contributed by atoms with E-state index < -0.39 is 0 Å². The van der Waals surface area contributed by atoms with Gasteiger partial charge in [0.2, 0.25) is 0 Å². The molecule has 2 atom stereocenters. The molecule has 72 valence electrons. The topological polar surface area (TPSA) is 36.5 Å².